The van der Waals surface area contributed by atoms with E-state index in [1.54, 1.807) is 36.7 Å². The van der Waals surface area contributed by atoms with Crippen LogP contribution >= 0.6 is 0 Å². The Morgan fingerprint density at radius 3 is 2.40 bits per heavy atom. The summed E-state index contributed by atoms with van der Waals surface area (Å²) in [6.07, 6.45) is 3.20. The number of rotatable bonds is 2. The lowest BCUT2D eigenvalue weighted by Gasteiger charge is -2.05. The van der Waals surface area contributed by atoms with Crippen LogP contribution in [0.2, 0.25) is 0 Å². The minimum Gasteiger partial charge on any atom is -0.424 e. The van der Waals surface area contributed by atoms with Crippen molar-refractivity contribution in [3.05, 3.63) is 36.7 Å². The SMILES string of the molecule is Nc1ccc(Oc2ncccn2)cc1N. The van der Waals surface area contributed by atoms with Crippen molar-refractivity contribution in [1.29, 1.82) is 0 Å². The number of benzene rings is 1. The highest BCUT2D eigenvalue weighted by atomic mass is 16.5. The second kappa shape index (κ2) is 3.83. The van der Waals surface area contributed by atoms with E-state index in [2.05, 4.69) is 9.97 Å². The maximum Gasteiger partial charge on any atom is 0.321 e. The van der Waals surface area contributed by atoms with Crippen molar-refractivity contribution < 1.29 is 4.74 Å². The van der Waals surface area contributed by atoms with Crippen molar-refractivity contribution in [2.45, 2.75) is 0 Å². The Morgan fingerprint density at radius 2 is 1.73 bits per heavy atom. The summed E-state index contributed by atoms with van der Waals surface area (Å²) < 4.78 is 5.36. The predicted molar refractivity (Wildman–Crippen MR) is 57.4 cm³/mol. The number of hydrogen-bond acceptors (Lipinski definition) is 5. The fourth-order valence-electron chi connectivity index (χ4n) is 1.06. The highest BCUT2D eigenvalue weighted by Gasteiger charge is 2.01. The Kier molecular flexibility index (Phi) is 2.37. The molecule has 0 spiro atoms. The van der Waals surface area contributed by atoms with Gasteiger partial charge in [0.05, 0.1) is 11.4 Å². The van der Waals surface area contributed by atoms with E-state index in [1.165, 1.54) is 0 Å². The van der Waals surface area contributed by atoms with Gasteiger partial charge in [0.25, 0.3) is 0 Å². The van der Waals surface area contributed by atoms with Gasteiger partial charge in [0, 0.05) is 18.5 Å². The smallest absolute Gasteiger partial charge is 0.321 e. The molecule has 0 atom stereocenters. The van der Waals surface area contributed by atoms with Crippen LogP contribution in [0.4, 0.5) is 11.4 Å². The average molecular weight is 202 g/mol. The van der Waals surface area contributed by atoms with E-state index in [0.717, 1.165) is 0 Å². The van der Waals surface area contributed by atoms with Crippen LogP contribution < -0.4 is 16.2 Å². The molecule has 0 fully saturated rings. The molecule has 15 heavy (non-hydrogen) atoms. The number of anilines is 2. The van der Waals surface area contributed by atoms with Gasteiger partial charge >= 0.3 is 6.01 Å². The molecule has 0 unspecified atom stereocenters. The Balaban J connectivity index is 2.22. The molecule has 1 heterocycles. The average Bonchev–Trinajstić information content (AvgIpc) is 2.25. The molecular weight excluding hydrogens is 192 g/mol. The van der Waals surface area contributed by atoms with Crippen LogP contribution in [0.15, 0.2) is 36.7 Å². The molecule has 0 radical (unpaired) electrons. The highest BCUT2D eigenvalue weighted by Crippen LogP contribution is 2.24. The van der Waals surface area contributed by atoms with Gasteiger partial charge in [-0.25, -0.2) is 9.97 Å². The van der Waals surface area contributed by atoms with Crippen molar-refractivity contribution in [2.24, 2.45) is 0 Å². The first-order valence-electron chi connectivity index (χ1n) is 4.35. The number of aromatic nitrogens is 2. The predicted octanol–water partition coefficient (Wildman–Crippen LogP) is 1.43. The van der Waals surface area contributed by atoms with E-state index in [4.69, 9.17) is 16.2 Å². The van der Waals surface area contributed by atoms with Gasteiger partial charge in [-0.05, 0) is 18.2 Å². The summed E-state index contributed by atoms with van der Waals surface area (Å²) in [4.78, 5) is 7.84. The molecule has 0 saturated carbocycles. The molecule has 0 aliphatic heterocycles. The lowest BCUT2D eigenvalue weighted by molar-refractivity contribution is 0.442. The van der Waals surface area contributed by atoms with E-state index in [1.807, 2.05) is 0 Å². The topological polar surface area (TPSA) is 87.0 Å². The van der Waals surface area contributed by atoms with Crippen molar-refractivity contribution in [3.63, 3.8) is 0 Å². The van der Waals surface area contributed by atoms with Gasteiger partial charge in [0.1, 0.15) is 5.75 Å². The Labute approximate surface area is 86.7 Å². The molecule has 5 heteroatoms. The monoisotopic (exact) mass is 202 g/mol. The van der Waals surface area contributed by atoms with Crippen molar-refractivity contribution in [3.8, 4) is 11.8 Å². The molecule has 76 valence electrons. The van der Waals surface area contributed by atoms with Crippen LogP contribution in [0.1, 0.15) is 0 Å². The van der Waals surface area contributed by atoms with Gasteiger partial charge in [-0.1, -0.05) is 0 Å². The number of nitrogen functional groups attached to an aromatic ring is 2. The fourth-order valence-corrected chi connectivity index (χ4v) is 1.06. The normalized spacial score (nSPS) is 9.87. The lowest BCUT2D eigenvalue weighted by Crippen LogP contribution is -1.96. The molecule has 4 N–H and O–H groups in total. The Bertz CT molecular complexity index is 458. The number of nitrogens with two attached hydrogens (primary N) is 2. The zero-order valence-electron chi connectivity index (χ0n) is 7.92. The molecule has 5 nitrogen and oxygen atoms in total. The Hall–Kier alpha value is -2.30. The van der Waals surface area contributed by atoms with Gasteiger partial charge in [-0.15, -0.1) is 0 Å². The number of nitrogens with zero attached hydrogens (tertiary/aromatic N) is 2. The molecule has 0 aliphatic carbocycles. The first kappa shape index (κ1) is 9.26. The highest BCUT2D eigenvalue weighted by molar-refractivity contribution is 5.65. The van der Waals surface area contributed by atoms with Crippen LogP contribution in [-0.2, 0) is 0 Å². The van der Waals surface area contributed by atoms with Gasteiger partial charge in [0.15, 0.2) is 0 Å². The summed E-state index contributed by atoms with van der Waals surface area (Å²) in [6.45, 7) is 0. The third kappa shape index (κ3) is 2.14. The largest absolute Gasteiger partial charge is 0.424 e. The van der Waals surface area contributed by atoms with Crippen LogP contribution in [0, 0.1) is 0 Å². The first-order chi connectivity index (χ1) is 7.25. The quantitative estimate of drug-likeness (QED) is 0.719. The molecule has 0 amide bonds. The summed E-state index contributed by atoms with van der Waals surface area (Å²) >= 11 is 0. The van der Waals surface area contributed by atoms with Gasteiger partial charge in [0.2, 0.25) is 0 Å². The maximum atomic E-state index is 5.63. The first-order valence-corrected chi connectivity index (χ1v) is 4.35. The maximum absolute atomic E-state index is 5.63. The fraction of sp³-hybridized carbons (Fsp3) is 0. The Morgan fingerprint density at radius 1 is 1.00 bits per heavy atom. The zero-order chi connectivity index (χ0) is 10.7. The molecule has 1 aromatic carbocycles. The van der Waals surface area contributed by atoms with E-state index in [9.17, 15) is 0 Å². The number of ether oxygens (including phenoxy) is 1. The molecule has 0 bridgehead atoms. The molecule has 0 aliphatic rings. The molecular formula is C10H10N4O. The van der Waals surface area contributed by atoms with Crippen LogP contribution in [0.3, 0.4) is 0 Å². The standard InChI is InChI=1S/C10H10N4O/c11-8-3-2-7(6-9(8)12)15-10-13-4-1-5-14-10/h1-6H,11-12H2. The van der Waals surface area contributed by atoms with Crippen LogP contribution in [-0.4, -0.2) is 9.97 Å². The van der Waals surface area contributed by atoms with E-state index < -0.39 is 0 Å². The molecule has 0 saturated heterocycles. The van der Waals surface area contributed by atoms with Gasteiger partial charge in [-0.2, -0.15) is 0 Å². The number of hydrogen-bond donors (Lipinski definition) is 2. The zero-order valence-corrected chi connectivity index (χ0v) is 7.92. The van der Waals surface area contributed by atoms with Gasteiger partial charge < -0.3 is 16.2 Å². The summed E-state index contributed by atoms with van der Waals surface area (Å²) in [7, 11) is 0. The lowest BCUT2D eigenvalue weighted by atomic mass is 10.2. The molecule has 2 rings (SSSR count). The minimum atomic E-state index is 0.279. The minimum absolute atomic E-state index is 0.279. The second-order valence-electron chi connectivity index (χ2n) is 2.92. The third-order valence-electron chi connectivity index (χ3n) is 1.81. The third-order valence-corrected chi connectivity index (χ3v) is 1.81. The summed E-state index contributed by atoms with van der Waals surface area (Å²) in [6, 6.07) is 7.01. The van der Waals surface area contributed by atoms with Crippen molar-refractivity contribution >= 4 is 11.4 Å². The van der Waals surface area contributed by atoms with E-state index in [0.29, 0.717) is 17.1 Å². The second-order valence-corrected chi connectivity index (χ2v) is 2.92. The summed E-state index contributed by atoms with van der Waals surface area (Å²) in [5.41, 5.74) is 12.2. The van der Waals surface area contributed by atoms with Crippen LogP contribution in [0.25, 0.3) is 0 Å². The molecule has 2 aromatic rings. The summed E-state index contributed by atoms with van der Waals surface area (Å²) in [5, 5.41) is 0. The van der Waals surface area contributed by atoms with E-state index in [-0.39, 0.29) is 6.01 Å². The van der Waals surface area contributed by atoms with Crippen molar-refractivity contribution in [2.75, 3.05) is 11.5 Å². The molecule has 1 aromatic heterocycles. The van der Waals surface area contributed by atoms with Gasteiger partial charge in [-0.3, -0.25) is 0 Å². The van der Waals surface area contributed by atoms with E-state index >= 15 is 0 Å². The summed E-state index contributed by atoms with van der Waals surface area (Å²) in [5.74, 6) is 0.563. The van der Waals surface area contributed by atoms with Crippen molar-refractivity contribution in [1.82, 2.24) is 9.97 Å². The van der Waals surface area contributed by atoms with Crippen LogP contribution in [0.5, 0.6) is 11.8 Å².